The lowest BCUT2D eigenvalue weighted by molar-refractivity contribution is -0.113. The van der Waals surface area contributed by atoms with E-state index >= 15 is 0 Å². The highest BCUT2D eigenvalue weighted by Crippen LogP contribution is 2.42. The third-order valence-electron chi connectivity index (χ3n) is 8.18. The van der Waals surface area contributed by atoms with Gasteiger partial charge in [0.2, 0.25) is 11.8 Å². The minimum atomic E-state index is -0.0621. The van der Waals surface area contributed by atoms with Crippen LogP contribution in [0.25, 0.3) is 11.3 Å². The van der Waals surface area contributed by atoms with Gasteiger partial charge in [0.1, 0.15) is 0 Å². The summed E-state index contributed by atoms with van der Waals surface area (Å²) in [5.41, 5.74) is 5.86. The van der Waals surface area contributed by atoms with Crippen LogP contribution in [0, 0.1) is 25.2 Å². The molecule has 0 amide bonds. The number of aryl methyl sites for hydroxylation is 2. The van der Waals surface area contributed by atoms with E-state index in [2.05, 4.69) is 95.7 Å². The van der Waals surface area contributed by atoms with Crippen molar-refractivity contribution in [3.63, 3.8) is 0 Å². The fourth-order valence-electron chi connectivity index (χ4n) is 6.48. The normalized spacial score (nSPS) is 21.9. The number of aromatic nitrogens is 2. The van der Waals surface area contributed by atoms with Crippen molar-refractivity contribution in [2.75, 3.05) is 11.3 Å². The average Bonchev–Trinajstić information content (AvgIpc) is 2.93. The van der Waals surface area contributed by atoms with E-state index in [0.29, 0.717) is 30.3 Å². The number of benzene rings is 2. The minimum absolute atomic E-state index is 0.0621. The maximum absolute atomic E-state index is 6.64. The van der Waals surface area contributed by atoms with Crippen LogP contribution in [0.2, 0.25) is 0 Å². The van der Waals surface area contributed by atoms with E-state index in [0.717, 1.165) is 41.8 Å². The van der Waals surface area contributed by atoms with E-state index in [1.165, 1.54) is 23.1 Å². The molecule has 4 bridgehead atoms. The predicted molar refractivity (Wildman–Crippen MR) is 177 cm³/mol. The summed E-state index contributed by atoms with van der Waals surface area (Å²) in [7, 11) is 0. The van der Waals surface area contributed by atoms with Crippen LogP contribution in [0.3, 0.4) is 0 Å². The van der Waals surface area contributed by atoms with Gasteiger partial charge in [-0.25, -0.2) is 4.98 Å². The Kier molecular flexibility index (Phi) is 10.6. The lowest BCUT2D eigenvalue weighted by Gasteiger charge is -2.40. The first-order chi connectivity index (χ1) is 20.0. The molecule has 3 heterocycles. The van der Waals surface area contributed by atoms with E-state index in [1.54, 1.807) is 11.9 Å². The van der Waals surface area contributed by atoms with Crippen LogP contribution in [-0.2, 0) is 4.74 Å². The van der Waals surface area contributed by atoms with Gasteiger partial charge in [-0.15, -0.1) is 0 Å². The SMILES string of the molecule is CC.Cc1cccc(C)c1-c1cc2nc(n1)NSc1cccc(c1)C(CC1CCCC(C)(C)O1)C(CC(C)(C)C)CO2. The van der Waals surface area contributed by atoms with Gasteiger partial charge in [-0.3, -0.25) is 4.72 Å². The molecular weight excluding hydrogens is 538 g/mol. The molecule has 5 nitrogen and oxygen atoms in total. The second-order valence-electron chi connectivity index (χ2n) is 13.5. The van der Waals surface area contributed by atoms with Crippen LogP contribution in [0.4, 0.5) is 5.95 Å². The molecule has 0 saturated carbocycles. The summed E-state index contributed by atoms with van der Waals surface area (Å²) >= 11 is 1.56. The number of ether oxygens (including phenoxy) is 2. The Morgan fingerprint density at radius 1 is 1.00 bits per heavy atom. The summed E-state index contributed by atoms with van der Waals surface area (Å²) in [6.07, 6.45) is 5.75. The summed E-state index contributed by atoms with van der Waals surface area (Å²) < 4.78 is 16.7. The van der Waals surface area contributed by atoms with Gasteiger partial charge in [-0.05, 0) is 112 Å². The second kappa shape index (κ2) is 13.8. The molecule has 1 saturated heterocycles. The van der Waals surface area contributed by atoms with Gasteiger partial charge in [0.05, 0.1) is 24.0 Å². The van der Waals surface area contributed by atoms with Gasteiger partial charge in [-0.1, -0.05) is 65.0 Å². The highest BCUT2D eigenvalue weighted by Gasteiger charge is 2.35. The average molecular weight is 590 g/mol. The lowest BCUT2D eigenvalue weighted by Crippen LogP contribution is -2.37. The number of nitrogens with one attached hydrogen (secondary N) is 1. The van der Waals surface area contributed by atoms with Crippen LogP contribution in [0.5, 0.6) is 5.88 Å². The number of hydrogen-bond donors (Lipinski definition) is 1. The topological polar surface area (TPSA) is 56.3 Å². The van der Waals surface area contributed by atoms with Crippen molar-refractivity contribution in [1.29, 1.82) is 0 Å². The Bertz CT molecular complexity index is 1310. The Labute approximate surface area is 258 Å². The lowest BCUT2D eigenvalue weighted by atomic mass is 9.73. The van der Waals surface area contributed by atoms with Crippen LogP contribution < -0.4 is 9.46 Å². The van der Waals surface area contributed by atoms with Gasteiger partial charge >= 0.3 is 0 Å². The van der Waals surface area contributed by atoms with Crippen LogP contribution in [-0.4, -0.2) is 28.3 Å². The molecule has 2 aliphatic heterocycles. The number of rotatable bonds is 4. The zero-order chi connectivity index (χ0) is 30.5. The van der Waals surface area contributed by atoms with Crippen molar-refractivity contribution in [2.45, 2.75) is 117 Å². The van der Waals surface area contributed by atoms with Gasteiger partial charge in [0.15, 0.2) is 0 Å². The van der Waals surface area contributed by atoms with Crippen molar-refractivity contribution in [3.05, 3.63) is 65.2 Å². The van der Waals surface area contributed by atoms with Gasteiger partial charge in [-0.2, -0.15) is 4.98 Å². The second-order valence-corrected chi connectivity index (χ2v) is 14.4. The van der Waals surface area contributed by atoms with Crippen molar-refractivity contribution >= 4 is 17.9 Å². The molecule has 2 aromatic carbocycles. The molecule has 1 aromatic heterocycles. The van der Waals surface area contributed by atoms with E-state index in [9.17, 15) is 0 Å². The van der Waals surface area contributed by atoms with E-state index in [-0.39, 0.29) is 17.1 Å². The first-order valence-electron chi connectivity index (χ1n) is 15.7. The molecule has 42 heavy (non-hydrogen) atoms. The first-order valence-corrected chi connectivity index (χ1v) is 16.6. The molecule has 228 valence electrons. The van der Waals surface area contributed by atoms with Gasteiger partial charge < -0.3 is 9.47 Å². The number of anilines is 1. The standard InChI is InChI=1S/C34H45N3O2S.C2H6/c1-22-11-8-12-23(2)31(22)29-19-30-36-32(35-29)37-40-27-15-9-13-24(17-27)28(25(21-38-30)20-33(3,4)5)18-26-14-10-16-34(6,7)39-26;1-2/h8-9,11-13,15,17,19,25-26,28H,10,14,16,18,20-21H2,1-7H3,(H,35,36,37);1-2H3. The largest absolute Gasteiger partial charge is 0.477 e. The molecular formula is C36H51N3O2S. The molecule has 5 rings (SSSR count). The molecule has 3 unspecified atom stereocenters. The van der Waals surface area contributed by atoms with E-state index < -0.39 is 0 Å². The predicted octanol–water partition coefficient (Wildman–Crippen LogP) is 10.2. The number of hydrogen-bond acceptors (Lipinski definition) is 6. The van der Waals surface area contributed by atoms with E-state index in [4.69, 9.17) is 19.4 Å². The summed E-state index contributed by atoms with van der Waals surface area (Å²) in [6.45, 7) is 20.3. The molecule has 6 heteroatoms. The maximum Gasteiger partial charge on any atom is 0.237 e. The third-order valence-corrected chi connectivity index (χ3v) is 8.96. The minimum Gasteiger partial charge on any atom is -0.477 e. The van der Waals surface area contributed by atoms with Gasteiger partial charge in [0.25, 0.3) is 0 Å². The monoisotopic (exact) mass is 589 g/mol. The first kappa shape index (κ1) is 32.3. The number of fused-ring (bicyclic) bond motifs is 4. The summed E-state index contributed by atoms with van der Waals surface area (Å²) in [6, 6.07) is 17.3. The highest BCUT2D eigenvalue weighted by atomic mass is 32.2. The summed E-state index contributed by atoms with van der Waals surface area (Å²) in [5, 5.41) is 0. The summed E-state index contributed by atoms with van der Waals surface area (Å²) in [4.78, 5) is 10.9. The van der Waals surface area contributed by atoms with Crippen LogP contribution in [0.1, 0.15) is 103 Å². The van der Waals surface area contributed by atoms with E-state index in [1.807, 2.05) is 19.9 Å². The smallest absolute Gasteiger partial charge is 0.237 e. The zero-order valence-corrected chi connectivity index (χ0v) is 28.0. The van der Waals surface area contributed by atoms with Crippen LogP contribution >= 0.6 is 11.9 Å². The molecule has 0 spiro atoms. The van der Waals surface area contributed by atoms with Crippen molar-refractivity contribution in [3.8, 4) is 17.1 Å². The molecule has 2 aliphatic rings. The zero-order valence-electron chi connectivity index (χ0n) is 27.2. The van der Waals surface area contributed by atoms with Crippen LogP contribution in [0.15, 0.2) is 53.4 Å². The molecule has 0 aliphatic carbocycles. The Morgan fingerprint density at radius 3 is 2.40 bits per heavy atom. The van der Waals surface area contributed by atoms with Gasteiger partial charge in [0, 0.05) is 22.4 Å². The Hall–Kier alpha value is -2.57. The molecule has 3 atom stereocenters. The fraction of sp³-hybridized carbons (Fsp3) is 0.556. The molecule has 0 radical (unpaired) electrons. The molecule has 1 N–H and O–H groups in total. The quantitative estimate of drug-likeness (QED) is 0.306. The highest BCUT2D eigenvalue weighted by molar-refractivity contribution is 8.00. The molecule has 1 fully saturated rings. The fourth-order valence-corrected chi connectivity index (χ4v) is 7.12. The third kappa shape index (κ3) is 8.50. The number of nitrogens with zero attached hydrogens (tertiary/aromatic N) is 2. The Morgan fingerprint density at radius 2 is 1.71 bits per heavy atom. The molecule has 3 aromatic rings. The summed E-state index contributed by atoms with van der Waals surface area (Å²) in [5.74, 6) is 1.81. The maximum atomic E-state index is 6.64. The van der Waals surface area contributed by atoms with Crippen molar-refractivity contribution < 1.29 is 9.47 Å². The Balaban J connectivity index is 0.00000198. The van der Waals surface area contributed by atoms with Crippen molar-refractivity contribution in [2.24, 2.45) is 11.3 Å². The van der Waals surface area contributed by atoms with Crippen molar-refractivity contribution in [1.82, 2.24) is 9.97 Å².